The van der Waals surface area contributed by atoms with Gasteiger partial charge in [0.05, 0.1) is 35.5 Å². The van der Waals surface area contributed by atoms with E-state index < -0.39 is 84.3 Å². The van der Waals surface area contributed by atoms with Gasteiger partial charge in [0.15, 0.2) is 13.2 Å². The molecule has 0 N–H and O–H groups in total. The smallest absolute Gasteiger partial charge is 0.460 e. The van der Waals surface area contributed by atoms with E-state index in [9.17, 15) is 80.6 Å². The van der Waals surface area contributed by atoms with Crippen LogP contribution in [-0.4, -0.2) is 86.3 Å². The van der Waals surface area contributed by atoms with Crippen molar-refractivity contribution in [3.8, 4) is 23.0 Å². The van der Waals surface area contributed by atoms with Crippen LogP contribution in [-0.2, 0) is 9.47 Å². The molecule has 0 atom stereocenters. The number of benzene rings is 4. The maximum Gasteiger partial charge on any atom is 0.460 e. The highest BCUT2D eigenvalue weighted by Crippen LogP contribution is 2.48. The van der Waals surface area contributed by atoms with Gasteiger partial charge in [-0.05, 0) is 110 Å². The van der Waals surface area contributed by atoms with Crippen LogP contribution in [0.25, 0.3) is 0 Å². The molecule has 4 rings (SSSR count). The fourth-order valence-electron chi connectivity index (χ4n) is 7.31. The number of esters is 4. The molecule has 0 aliphatic rings. The van der Waals surface area contributed by atoms with E-state index in [2.05, 4.69) is 23.3 Å². The van der Waals surface area contributed by atoms with Gasteiger partial charge in [0.1, 0.15) is 23.0 Å². The number of carbonyl (C=O) groups is 4. The summed E-state index contributed by atoms with van der Waals surface area (Å²) in [5.74, 6) is -27.7. The summed E-state index contributed by atoms with van der Waals surface area (Å²) in [4.78, 5) is 48.4. The van der Waals surface area contributed by atoms with Crippen molar-refractivity contribution in [2.24, 2.45) is 0 Å². The fourth-order valence-corrected chi connectivity index (χ4v) is 7.31. The summed E-state index contributed by atoms with van der Waals surface area (Å²) in [6.07, 6.45) is 8.44. The Hall–Kier alpha value is -6.62. The van der Waals surface area contributed by atoms with E-state index >= 15 is 0 Å². The van der Waals surface area contributed by atoms with Gasteiger partial charge in [-0.15, -0.1) is 0 Å². The maximum absolute atomic E-state index is 13.3. The lowest BCUT2D eigenvalue weighted by atomic mass is 10.1. The van der Waals surface area contributed by atoms with E-state index in [1.54, 1.807) is 24.3 Å². The molecule has 24 heteroatoms. The first kappa shape index (κ1) is 69.6. The molecule has 0 radical (unpaired) electrons. The number of ether oxygens (including phenoxy) is 6. The van der Waals surface area contributed by atoms with Gasteiger partial charge in [-0.3, -0.25) is 0 Å². The molecular formula is C58H66F14O10. The summed E-state index contributed by atoms with van der Waals surface area (Å²) >= 11 is 0. The average Bonchev–Trinajstić information content (AvgIpc) is 3.50. The number of halogens is 14. The van der Waals surface area contributed by atoms with Gasteiger partial charge in [-0.1, -0.05) is 117 Å². The van der Waals surface area contributed by atoms with E-state index in [-0.39, 0.29) is 22.6 Å². The number of hydrogen-bond acceptors (Lipinski definition) is 10. The molecule has 82 heavy (non-hydrogen) atoms. The van der Waals surface area contributed by atoms with Crippen molar-refractivity contribution < 1.29 is 109 Å². The van der Waals surface area contributed by atoms with Crippen molar-refractivity contribution in [3.05, 3.63) is 119 Å². The number of carbonyl (C=O) groups excluding carboxylic acids is 4. The number of alkyl halides is 14. The molecule has 0 aromatic heterocycles. The predicted octanol–water partition coefficient (Wildman–Crippen LogP) is 17.6. The lowest BCUT2D eigenvalue weighted by Gasteiger charge is -2.27. The van der Waals surface area contributed by atoms with Gasteiger partial charge < -0.3 is 28.4 Å². The van der Waals surface area contributed by atoms with E-state index in [0.29, 0.717) is 24.7 Å². The van der Waals surface area contributed by atoms with Crippen LogP contribution in [0, 0.1) is 0 Å². The Labute approximate surface area is 466 Å². The van der Waals surface area contributed by atoms with E-state index in [0.717, 1.165) is 74.2 Å². The molecule has 4 aromatic rings. The molecule has 456 valence electrons. The second-order valence-corrected chi connectivity index (χ2v) is 18.9. The van der Waals surface area contributed by atoms with Gasteiger partial charge in [-0.25, -0.2) is 19.2 Å². The van der Waals surface area contributed by atoms with Crippen LogP contribution in [0.2, 0.25) is 0 Å². The number of rotatable bonds is 34. The van der Waals surface area contributed by atoms with Gasteiger partial charge >= 0.3 is 59.9 Å². The summed E-state index contributed by atoms with van der Waals surface area (Å²) < 4.78 is 208. The average molecular weight is 1190 g/mol. The molecule has 10 nitrogen and oxygen atoms in total. The molecule has 0 spiro atoms. The molecule has 0 aliphatic heterocycles. The minimum absolute atomic E-state index is 0.0498. The Morgan fingerprint density at radius 3 is 0.805 bits per heavy atom. The summed E-state index contributed by atoms with van der Waals surface area (Å²) in [5.41, 5.74) is -0.498. The normalized spacial score (nSPS) is 12.2. The highest BCUT2D eigenvalue weighted by molar-refractivity contribution is 5.93. The zero-order valence-corrected chi connectivity index (χ0v) is 45.2. The van der Waals surface area contributed by atoms with Crippen molar-refractivity contribution in [2.75, 3.05) is 26.4 Å². The molecule has 0 heterocycles. The molecule has 0 amide bonds. The van der Waals surface area contributed by atoms with Crippen LogP contribution in [0.1, 0.15) is 171 Å². The topological polar surface area (TPSA) is 124 Å². The highest BCUT2D eigenvalue weighted by atomic mass is 19.4. The third kappa shape index (κ3) is 23.0. The van der Waals surface area contributed by atoms with E-state index in [1.807, 2.05) is 0 Å². The quantitative estimate of drug-likeness (QED) is 0.0193. The van der Waals surface area contributed by atoms with Crippen LogP contribution in [0.15, 0.2) is 97.1 Å². The van der Waals surface area contributed by atoms with E-state index in [1.165, 1.54) is 114 Å². The van der Waals surface area contributed by atoms with Crippen LogP contribution in [0.5, 0.6) is 23.0 Å². The molecule has 0 aliphatic carbocycles. The Bertz CT molecular complexity index is 2340. The first-order valence-electron chi connectivity index (χ1n) is 26.7. The summed E-state index contributed by atoms with van der Waals surface area (Å²) in [6, 6.07) is 20.7. The third-order valence-electron chi connectivity index (χ3n) is 12.2. The van der Waals surface area contributed by atoms with Crippen molar-refractivity contribution in [1.82, 2.24) is 0 Å². The van der Waals surface area contributed by atoms with Gasteiger partial charge in [0.25, 0.3) is 0 Å². The first-order chi connectivity index (χ1) is 38.6. The van der Waals surface area contributed by atoms with Crippen molar-refractivity contribution in [2.45, 2.75) is 165 Å². The fraction of sp³-hybridized carbons (Fsp3) is 0.517. The lowest BCUT2D eigenvalue weighted by molar-refractivity contribution is -0.359. The Kier molecular flexibility index (Phi) is 28.4. The third-order valence-corrected chi connectivity index (χ3v) is 12.2. The Morgan fingerprint density at radius 2 is 0.549 bits per heavy atom. The van der Waals surface area contributed by atoms with Crippen LogP contribution in [0.3, 0.4) is 0 Å². The lowest BCUT2D eigenvalue weighted by Crippen LogP contribution is -2.54. The van der Waals surface area contributed by atoms with Crippen molar-refractivity contribution >= 4 is 23.9 Å². The van der Waals surface area contributed by atoms with Crippen LogP contribution < -0.4 is 18.9 Å². The van der Waals surface area contributed by atoms with Crippen LogP contribution >= 0.6 is 0 Å². The second-order valence-electron chi connectivity index (χ2n) is 18.9. The summed E-state index contributed by atoms with van der Waals surface area (Å²) in [6.45, 7) is 0.510. The minimum Gasteiger partial charge on any atom is -0.494 e. The molecule has 0 unspecified atom stereocenters. The largest absolute Gasteiger partial charge is 0.494 e. The molecule has 0 saturated heterocycles. The molecular weight excluding hydrogens is 1120 g/mol. The van der Waals surface area contributed by atoms with Gasteiger partial charge in [0.2, 0.25) is 0 Å². The zero-order chi connectivity index (χ0) is 61.0. The number of unbranched alkanes of at least 4 members (excludes halogenated alkanes) is 16. The maximum atomic E-state index is 13.3. The summed E-state index contributed by atoms with van der Waals surface area (Å²) in [5, 5.41) is 0. The molecule has 0 saturated carbocycles. The Balaban J connectivity index is 0.000000430. The molecule has 0 bridgehead atoms. The predicted molar refractivity (Wildman–Crippen MR) is 274 cm³/mol. The zero-order valence-electron chi connectivity index (χ0n) is 45.2. The highest BCUT2D eigenvalue weighted by Gasteiger charge is 2.74. The van der Waals surface area contributed by atoms with Crippen molar-refractivity contribution in [3.63, 3.8) is 0 Å². The Morgan fingerprint density at radius 1 is 0.317 bits per heavy atom. The molecule has 4 aromatic carbocycles. The van der Waals surface area contributed by atoms with Crippen molar-refractivity contribution in [1.29, 1.82) is 0 Å². The monoisotopic (exact) mass is 1190 g/mol. The van der Waals surface area contributed by atoms with E-state index in [4.69, 9.17) is 18.9 Å². The molecule has 0 fully saturated rings. The SMILES string of the molecule is CCCCCCCCCCCOc1ccc(C(=O)Oc2ccc(C(=O)OCC(F)(F)C(F)(F)C(F)(F)F)cc2)cc1.CCCCCCCCCCCOc1ccc(C(=O)Oc2ccc(C(=O)OCC(F)(F)C(F)(F)C(F)(F)F)cc2)cc1. The first-order valence-corrected chi connectivity index (χ1v) is 26.7. The second kappa shape index (κ2) is 33.5. The van der Waals surface area contributed by atoms with Gasteiger partial charge in [-0.2, -0.15) is 61.5 Å². The summed E-state index contributed by atoms with van der Waals surface area (Å²) in [7, 11) is 0. The number of hydrogen-bond donors (Lipinski definition) is 0. The van der Waals surface area contributed by atoms with Crippen LogP contribution in [0.4, 0.5) is 61.5 Å². The minimum atomic E-state index is -6.53. The van der Waals surface area contributed by atoms with Gasteiger partial charge in [0, 0.05) is 0 Å². The standard InChI is InChI=1S/2C29H33F7O5/c2*1-2-3-4-5-6-7-8-9-10-19-39-23-15-11-22(12-16-23)26(38)41-24-17-13-21(14-18-24)25(37)40-20-27(30,31)28(32,33)29(34,35)36/h2*11-18H,2-10,19-20H2,1H3.